The number of sulfone groups is 1. The minimum atomic E-state index is -3.07. The molecule has 0 aliphatic carbocycles. The van der Waals surface area contributed by atoms with Crippen LogP contribution in [0.4, 0.5) is 5.69 Å². The quantitative estimate of drug-likeness (QED) is 0.816. The summed E-state index contributed by atoms with van der Waals surface area (Å²) >= 11 is 0. The minimum Gasteiger partial charge on any atom is -0.326 e. The summed E-state index contributed by atoms with van der Waals surface area (Å²) < 4.78 is 22.6. The molecule has 1 aliphatic rings. The van der Waals surface area contributed by atoms with Gasteiger partial charge in [-0.3, -0.25) is 4.79 Å². The van der Waals surface area contributed by atoms with Crippen LogP contribution < -0.4 is 10.6 Å². The molecule has 5 nitrogen and oxygen atoms in total. The molecule has 0 spiro atoms. The monoisotopic (exact) mass is 360 g/mol. The highest BCUT2D eigenvalue weighted by molar-refractivity contribution is 7.89. The number of carbonyl (C=O) groups excluding carboxylic acids is 1. The lowest BCUT2D eigenvalue weighted by molar-refractivity contribution is -0.116. The number of halogens is 1. The van der Waals surface area contributed by atoms with E-state index in [1.54, 1.807) is 24.3 Å². The first-order valence-electron chi connectivity index (χ1n) is 7.69. The van der Waals surface area contributed by atoms with Gasteiger partial charge in [0.2, 0.25) is 5.91 Å². The van der Waals surface area contributed by atoms with Crippen LogP contribution in [0.3, 0.4) is 0 Å². The number of hydrogen-bond donors (Lipinski definition) is 2. The summed E-state index contributed by atoms with van der Waals surface area (Å²) in [7, 11) is -3.07. The number of carbonyl (C=O) groups is 1. The van der Waals surface area contributed by atoms with Crippen LogP contribution in [0.5, 0.6) is 0 Å². The van der Waals surface area contributed by atoms with Crippen molar-refractivity contribution >= 4 is 33.8 Å². The largest absolute Gasteiger partial charge is 0.326 e. The van der Waals surface area contributed by atoms with Crippen molar-refractivity contribution in [2.45, 2.75) is 31.4 Å². The van der Waals surface area contributed by atoms with Crippen molar-refractivity contribution in [3.63, 3.8) is 0 Å². The molecule has 0 radical (unpaired) electrons. The molecule has 1 saturated heterocycles. The molecule has 1 aromatic carbocycles. The van der Waals surface area contributed by atoms with Gasteiger partial charge in [-0.2, -0.15) is 0 Å². The second kappa shape index (κ2) is 9.25. The van der Waals surface area contributed by atoms with E-state index < -0.39 is 9.84 Å². The molecule has 7 heteroatoms. The highest BCUT2D eigenvalue weighted by atomic mass is 35.5. The van der Waals surface area contributed by atoms with Crippen LogP contribution in [0.1, 0.15) is 31.2 Å². The zero-order chi connectivity index (χ0) is 16.0. The summed E-state index contributed by atoms with van der Waals surface area (Å²) in [4.78, 5) is 12.0. The smallest absolute Gasteiger partial charge is 0.224 e. The molecule has 0 unspecified atom stereocenters. The van der Waals surface area contributed by atoms with Crippen molar-refractivity contribution in [3.05, 3.63) is 29.8 Å². The van der Waals surface area contributed by atoms with Gasteiger partial charge in [-0.1, -0.05) is 12.1 Å². The predicted octanol–water partition coefficient (Wildman–Crippen LogP) is 2.37. The van der Waals surface area contributed by atoms with E-state index in [-0.39, 0.29) is 24.1 Å². The van der Waals surface area contributed by atoms with Gasteiger partial charge in [0.15, 0.2) is 9.84 Å². The number of benzene rings is 1. The fourth-order valence-electron chi connectivity index (χ4n) is 2.77. The molecule has 1 amide bonds. The molecular formula is C16H25ClN2O3S. The Labute approximate surface area is 144 Å². The number of anilines is 1. The lowest BCUT2D eigenvalue weighted by Crippen LogP contribution is -2.28. The fraction of sp³-hybridized carbons (Fsp3) is 0.562. The third kappa shape index (κ3) is 7.81. The van der Waals surface area contributed by atoms with E-state index in [0.29, 0.717) is 23.6 Å². The van der Waals surface area contributed by atoms with Crippen molar-refractivity contribution in [1.29, 1.82) is 0 Å². The molecule has 0 saturated carbocycles. The van der Waals surface area contributed by atoms with Crippen LogP contribution in [0.25, 0.3) is 0 Å². The van der Waals surface area contributed by atoms with E-state index in [1.165, 1.54) is 6.26 Å². The lowest BCUT2D eigenvalue weighted by atomic mass is 9.93. The Bertz CT molecular complexity index is 614. The normalized spacial score (nSPS) is 15.7. The van der Waals surface area contributed by atoms with Crippen molar-refractivity contribution in [3.8, 4) is 0 Å². The average Bonchev–Trinajstić information content (AvgIpc) is 2.45. The van der Waals surface area contributed by atoms with Gasteiger partial charge in [0.1, 0.15) is 0 Å². The number of rotatable bonds is 6. The Hall–Kier alpha value is -1.11. The van der Waals surface area contributed by atoms with Crippen LogP contribution >= 0.6 is 12.4 Å². The van der Waals surface area contributed by atoms with E-state index in [2.05, 4.69) is 10.6 Å². The summed E-state index contributed by atoms with van der Waals surface area (Å²) in [6.07, 6.45) is 4.91. The fourth-order valence-corrected chi connectivity index (χ4v) is 3.56. The van der Waals surface area contributed by atoms with E-state index in [1.807, 2.05) is 0 Å². The molecule has 1 heterocycles. The van der Waals surface area contributed by atoms with E-state index in [0.717, 1.165) is 32.4 Å². The molecule has 1 aromatic rings. The second-order valence-corrected chi connectivity index (χ2v) is 8.19. The van der Waals surface area contributed by atoms with Crippen molar-refractivity contribution in [2.75, 3.05) is 24.7 Å². The molecule has 0 bridgehead atoms. The number of amides is 1. The van der Waals surface area contributed by atoms with E-state index in [4.69, 9.17) is 0 Å². The zero-order valence-electron chi connectivity index (χ0n) is 13.4. The maximum Gasteiger partial charge on any atom is 0.224 e. The molecular weight excluding hydrogens is 336 g/mol. The van der Waals surface area contributed by atoms with Gasteiger partial charge in [-0.25, -0.2) is 8.42 Å². The third-order valence-corrected chi connectivity index (χ3v) is 4.74. The Morgan fingerprint density at radius 1 is 1.30 bits per heavy atom. The van der Waals surface area contributed by atoms with Crippen LogP contribution in [-0.4, -0.2) is 33.7 Å². The van der Waals surface area contributed by atoms with Crippen LogP contribution in [0.2, 0.25) is 0 Å². The SMILES string of the molecule is CS(=O)(=O)Cc1cccc(NC(=O)CCC2CCNCC2)c1.Cl. The van der Waals surface area contributed by atoms with Crippen LogP contribution in [0, 0.1) is 5.92 Å². The predicted molar refractivity (Wildman–Crippen MR) is 95.7 cm³/mol. The summed E-state index contributed by atoms with van der Waals surface area (Å²) in [5, 5.41) is 6.18. The molecule has 0 aromatic heterocycles. The first-order chi connectivity index (χ1) is 10.4. The molecule has 0 atom stereocenters. The molecule has 23 heavy (non-hydrogen) atoms. The molecule has 1 fully saturated rings. The second-order valence-electron chi connectivity index (χ2n) is 6.05. The van der Waals surface area contributed by atoms with E-state index in [9.17, 15) is 13.2 Å². The molecule has 2 N–H and O–H groups in total. The highest BCUT2D eigenvalue weighted by Crippen LogP contribution is 2.19. The molecule has 130 valence electrons. The molecule has 1 aliphatic heterocycles. The first kappa shape index (κ1) is 19.9. The van der Waals surface area contributed by atoms with Gasteiger partial charge >= 0.3 is 0 Å². The van der Waals surface area contributed by atoms with E-state index >= 15 is 0 Å². The van der Waals surface area contributed by atoms with Crippen molar-refractivity contribution in [1.82, 2.24) is 5.32 Å². The van der Waals surface area contributed by atoms with Gasteiger partial charge < -0.3 is 10.6 Å². The van der Waals surface area contributed by atoms with Gasteiger partial charge in [-0.05, 0) is 56.0 Å². The maximum atomic E-state index is 12.0. The Morgan fingerprint density at radius 2 is 2.00 bits per heavy atom. The Balaban J connectivity index is 0.00000264. The Kier molecular flexibility index (Phi) is 8.02. The number of piperidine rings is 1. The summed E-state index contributed by atoms with van der Waals surface area (Å²) in [6.45, 7) is 2.08. The summed E-state index contributed by atoms with van der Waals surface area (Å²) in [5.41, 5.74) is 1.36. The Morgan fingerprint density at radius 3 is 2.65 bits per heavy atom. The lowest BCUT2D eigenvalue weighted by Gasteiger charge is -2.22. The maximum absolute atomic E-state index is 12.0. The minimum absolute atomic E-state index is 0. The third-order valence-electron chi connectivity index (χ3n) is 3.88. The summed E-state index contributed by atoms with van der Waals surface area (Å²) in [6, 6.07) is 7.03. The van der Waals surface area contributed by atoms with Crippen molar-refractivity contribution < 1.29 is 13.2 Å². The van der Waals surface area contributed by atoms with Gasteiger partial charge in [-0.15, -0.1) is 12.4 Å². The topological polar surface area (TPSA) is 75.3 Å². The number of nitrogens with one attached hydrogen (secondary N) is 2. The first-order valence-corrected chi connectivity index (χ1v) is 9.76. The zero-order valence-corrected chi connectivity index (χ0v) is 15.0. The van der Waals surface area contributed by atoms with Crippen LogP contribution in [-0.2, 0) is 20.4 Å². The highest BCUT2D eigenvalue weighted by Gasteiger charge is 2.14. The molecule has 2 rings (SSSR count). The average molecular weight is 361 g/mol. The van der Waals surface area contributed by atoms with Gasteiger partial charge in [0, 0.05) is 18.4 Å². The van der Waals surface area contributed by atoms with Gasteiger partial charge in [0.25, 0.3) is 0 Å². The van der Waals surface area contributed by atoms with Crippen LogP contribution in [0.15, 0.2) is 24.3 Å². The van der Waals surface area contributed by atoms with Gasteiger partial charge in [0.05, 0.1) is 5.75 Å². The number of hydrogen-bond acceptors (Lipinski definition) is 4. The standard InChI is InChI=1S/C16H24N2O3S.ClH/c1-22(20,21)12-14-3-2-4-15(11-14)18-16(19)6-5-13-7-9-17-10-8-13;/h2-4,11,13,17H,5-10,12H2,1H3,(H,18,19);1H. The van der Waals surface area contributed by atoms with Crippen molar-refractivity contribution in [2.24, 2.45) is 5.92 Å². The summed E-state index contributed by atoms with van der Waals surface area (Å²) in [5.74, 6) is 0.616.